The van der Waals surface area contributed by atoms with Crippen LogP contribution in [-0.2, 0) is 6.54 Å². The molecule has 1 heterocycles. The first-order chi connectivity index (χ1) is 10.2. The van der Waals surface area contributed by atoms with Gasteiger partial charge >= 0.3 is 0 Å². The van der Waals surface area contributed by atoms with Crippen LogP contribution in [0.5, 0.6) is 17.2 Å². The molecule has 0 amide bonds. The van der Waals surface area contributed by atoms with Crippen LogP contribution in [0.15, 0.2) is 12.1 Å². The number of methoxy groups -OCH3 is 3. The van der Waals surface area contributed by atoms with E-state index in [0.717, 1.165) is 30.9 Å². The molecule has 0 aromatic heterocycles. The Kier molecular flexibility index (Phi) is 5.70. The van der Waals surface area contributed by atoms with Gasteiger partial charge in [-0.1, -0.05) is 6.07 Å². The highest BCUT2D eigenvalue weighted by atomic mass is 16.5. The highest BCUT2D eigenvalue weighted by Crippen LogP contribution is 2.40. The Labute approximate surface area is 127 Å². The molecule has 0 saturated carbocycles. The van der Waals surface area contributed by atoms with Crippen molar-refractivity contribution in [3.8, 4) is 17.2 Å². The zero-order valence-corrected chi connectivity index (χ0v) is 13.4. The number of hydrogen-bond donors (Lipinski definition) is 1. The van der Waals surface area contributed by atoms with Gasteiger partial charge in [-0.05, 0) is 32.5 Å². The highest BCUT2D eigenvalue weighted by molar-refractivity contribution is 5.55. The predicted octanol–water partition coefficient (Wildman–Crippen LogP) is 1.90. The van der Waals surface area contributed by atoms with Gasteiger partial charge < -0.3 is 19.5 Å². The van der Waals surface area contributed by atoms with E-state index in [2.05, 4.69) is 16.3 Å². The Bertz CT molecular complexity index is 465. The van der Waals surface area contributed by atoms with Gasteiger partial charge in [0.1, 0.15) is 0 Å². The van der Waals surface area contributed by atoms with Crippen molar-refractivity contribution >= 4 is 0 Å². The lowest BCUT2D eigenvalue weighted by Crippen LogP contribution is -2.36. The van der Waals surface area contributed by atoms with Gasteiger partial charge in [-0.15, -0.1) is 0 Å². The summed E-state index contributed by atoms with van der Waals surface area (Å²) in [5.41, 5.74) is 1.14. The van der Waals surface area contributed by atoms with Gasteiger partial charge in [-0.25, -0.2) is 0 Å². The molecule has 1 fully saturated rings. The van der Waals surface area contributed by atoms with E-state index in [-0.39, 0.29) is 0 Å². The number of ether oxygens (including phenoxy) is 3. The average molecular weight is 294 g/mol. The minimum atomic E-state index is 0.591. The molecular formula is C16H26N2O3. The summed E-state index contributed by atoms with van der Waals surface area (Å²) in [7, 11) is 6.97. The molecule has 0 radical (unpaired) electrons. The Morgan fingerprint density at radius 2 is 1.90 bits per heavy atom. The summed E-state index contributed by atoms with van der Waals surface area (Å²) in [4.78, 5) is 2.50. The summed E-state index contributed by atoms with van der Waals surface area (Å²) in [5, 5.41) is 3.28. The molecule has 1 aliphatic rings. The van der Waals surface area contributed by atoms with Crippen molar-refractivity contribution in [3.05, 3.63) is 17.7 Å². The molecule has 1 unspecified atom stereocenters. The molecule has 118 valence electrons. The van der Waals surface area contributed by atoms with E-state index in [1.165, 1.54) is 12.8 Å². The van der Waals surface area contributed by atoms with E-state index in [1.54, 1.807) is 21.3 Å². The first-order valence-electron chi connectivity index (χ1n) is 7.41. The van der Waals surface area contributed by atoms with Crippen molar-refractivity contribution in [1.82, 2.24) is 10.2 Å². The minimum Gasteiger partial charge on any atom is -0.493 e. The van der Waals surface area contributed by atoms with Gasteiger partial charge in [0.05, 0.1) is 21.3 Å². The average Bonchev–Trinajstić information content (AvgIpc) is 2.94. The topological polar surface area (TPSA) is 43.0 Å². The van der Waals surface area contributed by atoms with Gasteiger partial charge in [0, 0.05) is 24.7 Å². The van der Waals surface area contributed by atoms with Crippen molar-refractivity contribution in [3.63, 3.8) is 0 Å². The standard InChI is InChI=1S/C16H26N2O3/c1-17-10-13-6-5-9-18(13)11-12-7-8-14(19-2)16(21-4)15(12)20-3/h7-8,13,17H,5-6,9-11H2,1-4H3. The van der Waals surface area contributed by atoms with Crippen LogP contribution >= 0.6 is 0 Å². The number of nitrogens with one attached hydrogen (secondary N) is 1. The Morgan fingerprint density at radius 1 is 1.14 bits per heavy atom. The third-order valence-corrected chi connectivity index (χ3v) is 4.10. The normalized spacial score (nSPS) is 18.8. The molecule has 5 nitrogen and oxygen atoms in total. The SMILES string of the molecule is CNCC1CCCN1Cc1ccc(OC)c(OC)c1OC. The third-order valence-electron chi connectivity index (χ3n) is 4.10. The van der Waals surface area contributed by atoms with E-state index < -0.39 is 0 Å². The second kappa shape index (κ2) is 7.52. The molecule has 1 N–H and O–H groups in total. The van der Waals surface area contributed by atoms with Crippen LogP contribution < -0.4 is 19.5 Å². The number of hydrogen-bond acceptors (Lipinski definition) is 5. The highest BCUT2D eigenvalue weighted by Gasteiger charge is 2.26. The smallest absolute Gasteiger partial charge is 0.203 e. The minimum absolute atomic E-state index is 0.591. The van der Waals surface area contributed by atoms with Crippen molar-refractivity contribution in [2.75, 3.05) is 41.5 Å². The second-order valence-corrected chi connectivity index (χ2v) is 5.32. The quantitative estimate of drug-likeness (QED) is 0.832. The maximum atomic E-state index is 5.57. The molecule has 5 heteroatoms. The first kappa shape index (κ1) is 15.9. The van der Waals surface area contributed by atoms with E-state index in [1.807, 2.05) is 13.1 Å². The molecule has 21 heavy (non-hydrogen) atoms. The maximum Gasteiger partial charge on any atom is 0.203 e. The van der Waals surface area contributed by atoms with Gasteiger partial charge in [0.2, 0.25) is 5.75 Å². The molecule has 1 aromatic rings. The Morgan fingerprint density at radius 3 is 2.52 bits per heavy atom. The molecule has 1 saturated heterocycles. The number of likely N-dealkylation sites (tertiary alicyclic amines) is 1. The van der Waals surface area contributed by atoms with E-state index in [0.29, 0.717) is 17.5 Å². The summed E-state index contributed by atoms with van der Waals surface area (Å²) < 4.78 is 16.4. The molecule has 1 aromatic carbocycles. The van der Waals surface area contributed by atoms with E-state index in [4.69, 9.17) is 14.2 Å². The zero-order chi connectivity index (χ0) is 15.2. The number of nitrogens with zero attached hydrogens (tertiary/aromatic N) is 1. The second-order valence-electron chi connectivity index (χ2n) is 5.32. The first-order valence-corrected chi connectivity index (χ1v) is 7.41. The number of likely N-dealkylation sites (N-methyl/N-ethyl adjacent to an activating group) is 1. The maximum absolute atomic E-state index is 5.57. The lowest BCUT2D eigenvalue weighted by Gasteiger charge is -2.25. The van der Waals surface area contributed by atoms with Crippen LogP contribution in [0.3, 0.4) is 0 Å². The predicted molar refractivity (Wildman–Crippen MR) is 83.5 cm³/mol. The fourth-order valence-electron chi connectivity index (χ4n) is 3.08. The lowest BCUT2D eigenvalue weighted by molar-refractivity contribution is 0.236. The molecule has 1 atom stereocenters. The van der Waals surface area contributed by atoms with Crippen molar-refractivity contribution in [2.24, 2.45) is 0 Å². The largest absolute Gasteiger partial charge is 0.493 e. The van der Waals surface area contributed by atoms with Gasteiger partial charge in [0.25, 0.3) is 0 Å². The van der Waals surface area contributed by atoms with Crippen LogP contribution in [0, 0.1) is 0 Å². The summed E-state index contributed by atoms with van der Waals surface area (Å²) in [6.07, 6.45) is 2.50. The molecular weight excluding hydrogens is 268 g/mol. The summed E-state index contributed by atoms with van der Waals surface area (Å²) in [6.45, 7) is 3.02. The van der Waals surface area contributed by atoms with Crippen LogP contribution in [0.25, 0.3) is 0 Å². The molecule has 2 rings (SSSR count). The van der Waals surface area contributed by atoms with Crippen molar-refractivity contribution < 1.29 is 14.2 Å². The summed E-state index contributed by atoms with van der Waals surface area (Å²) in [6, 6.07) is 4.60. The molecule has 0 aliphatic carbocycles. The van der Waals surface area contributed by atoms with Crippen LogP contribution in [0.4, 0.5) is 0 Å². The summed E-state index contributed by atoms with van der Waals surface area (Å²) >= 11 is 0. The molecule has 0 bridgehead atoms. The third kappa shape index (κ3) is 3.41. The van der Waals surface area contributed by atoms with Crippen LogP contribution in [0.2, 0.25) is 0 Å². The molecule has 1 aliphatic heterocycles. The van der Waals surface area contributed by atoms with Crippen molar-refractivity contribution in [2.45, 2.75) is 25.4 Å². The number of benzene rings is 1. The Balaban J connectivity index is 2.23. The zero-order valence-electron chi connectivity index (χ0n) is 13.4. The monoisotopic (exact) mass is 294 g/mol. The lowest BCUT2D eigenvalue weighted by atomic mass is 10.1. The van der Waals surface area contributed by atoms with Gasteiger partial charge in [-0.2, -0.15) is 0 Å². The van der Waals surface area contributed by atoms with Crippen LogP contribution in [0.1, 0.15) is 18.4 Å². The fourth-order valence-corrected chi connectivity index (χ4v) is 3.08. The summed E-state index contributed by atoms with van der Waals surface area (Å²) in [5.74, 6) is 2.14. The van der Waals surface area contributed by atoms with Crippen LogP contribution in [-0.4, -0.2) is 52.4 Å². The van der Waals surface area contributed by atoms with Crippen molar-refractivity contribution in [1.29, 1.82) is 0 Å². The van der Waals surface area contributed by atoms with Gasteiger partial charge in [-0.3, -0.25) is 4.90 Å². The number of rotatable bonds is 7. The van der Waals surface area contributed by atoms with E-state index in [9.17, 15) is 0 Å². The Hall–Kier alpha value is -1.46. The fraction of sp³-hybridized carbons (Fsp3) is 0.625. The van der Waals surface area contributed by atoms with E-state index >= 15 is 0 Å². The van der Waals surface area contributed by atoms with Gasteiger partial charge in [0.15, 0.2) is 11.5 Å². The molecule has 0 spiro atoms.